The third-order valence-electron chi connectivity index (χ3n) is 3.37. The molecule has 0 aliphatic rings. The van der Waals surface area contributed by atoms with Gasteiger partial charge in [0.05, 0.1) is 18.6 Å². The molecule has 0 aliphatic heterocycles. The molecule has 0 fully saturated rings. The predicted molar refractivity (Wildman–Crippen MR) is 80.8 cm³/mol. The molecular formula is C18H19NO. The summed E-state index contributed by atoms with van der Waals surface area (Å²) in [6.45, 7) is 4.68. The lowest BCUT2D eigenvalue weighted by atomic mass is 9.90. The number of nitriles is 1. The van der Waals surface area contributed by atoms with Crippen molar-refractivity contribution >= 4 is 0 Å². The van der Waals surface area contributed by atoms with Gasteiger partial charge in [-0.05, 0) is 49.1 Å². The third-order valence-corrected chi connectivity index (χ3v) is 3.37. The van der Waals surface area contributed by atoms with Crippen LogP contribution in [0.25, 0.3) is 0 Å². The van der Waals surface area contributed by atoms with Gasteiger partial charge in [0.1, 0.15) is 5.75 Å². The predicted octanol–water partition coefficient (Wildman–Crippen LogP) is 4.24. The maximum atomic E-state index is 9.46. The zero-order valence-electron chi connectivity index (χ0n) is 12.0. The molecule has 0 saturated heterocycles. The first-order valence-corrected chi connectivity index (χ1v) is 6.91. The topological polar surface area (TPSA) is 33.0 Å². The molecule has 2 aromatic rings. The molecule has 0 spiro atoms. The van der Waals surface area contributed by atoms with Crippen LogP contribution in [0.15, 0.2) is 48.5 Å². The summed E-state index contributed by atoms with van der Waals surface area (Å²) in [5, 5.41) is 9.46. The highest BCUT2D eigenvalue weighted by atomic mass is 16.5. The summed E-state index contributed by atoms with van der Waals surface area (Å²) >= 11 is 0. The summed E-state index contributed by atoms with van der Waals surface area (Å²) in [4.78, 5) is 0. The Morgan fingerprint density at radius 2 is 1.95 bits per heavy atom. The third kappa shape index (κ3) is 3.39. The second kappa shape index (κ2) is 6.77. The summed E-state index contributed by atoms with van der Waals surface area (Å²) in [7, 11) is 0. The largest absolute Gasteiger partial charge is 0.494 e. The number of hydrogen-bond donors (Lipinski definition) is 0. The second-order valence-electron chi connectivity index (χ2n) is 4.82. The minimum absolute atomic E-state index is 0.118. The fraction of sp³-hybridized carbons (Fsp3) is 0.278. The molecule has 0 radical (unpaired) electrons. The smallest absolute Gasteiger partial charge is 0.119 e. The molecule has 1 atom stereocenters. The molecule has 2 rings (SSSR count). The first-order valence-electron chi connectivity index (χ1n) is 6.91. The summed E-state index contributed by atoms with van der Waals surface area (Å²) in [5.41, 5.74) is 3.41. The quantitative estimate of drug-likeness (QED) is 0.810. The Morgan fingerprint density at radius 1 is 1.15 bits per heavy atom. The van der Waals surface area contributed by atoms with E-state index >= 15 is 0 Å². The average molecular weight is 265 g/mol. The minimum atomic E-state index is -0.118. The van der Waals surface area contributed by atoms with Gasteiger partial charge in [0.25, 0.3) is 0 Å². The molecule has 2 aromatic carbocycles. The lowest BCUT2D eigenvalue weighted by Gasteiger charge is -2.13. The van der Waals surface area contributed by atoms with Crippen LogP contribution in [0, 0.1) is 18.3 Å². The molecule has 20 heavy (non-hydrogen) atoms. The van der Waals surface area contributed by atoms with E-state index in [9.17, 15) is 5.26 Å². The zero-order valence-corrected chi connectivity index (χ0v) is 12.0. The summed E-state index contributed by atoms with van der Waals surface area (Å²) in [6.07, 6.45) is 0.711. The van der Waals surface area contributed by atoms with Crippen LogP contribution in [-0.2, 0) is 6.42 Å². The molecular weight excluding hydrogens is 246 g/mol. The lowest BCUT2D eigenvalue weighted by molar-refractivity contribution is 0.340. The number of benzene rings is 2. The van der Waals surface area contributed by atoms with Crippen LogP contribution in [0.5, 0.6) is 5.75 Å². The Labute approximate surface area is 120 Å². The molecule has 0 N–H and O–H groups in total. The van der Waals surface area contributed by atoms with Crippen molar-refractivity contribution in [1.82, 2.24) is 0 Å². The molecule has 0 bridgehead atoms. The highest BCUT2D eigenvalue weighted by molar-refractivity contribution is 5.36. The maximum absolute atomic E-state index is 9.46. The molecule has 0 aromatic heterocycles. The van der Waals surface area contributed by atoms with Crippen molar-refractivity contribution in [2.45, 2.75) is 26.2 Å². The Balaban J connectivity index is 2.21. The minimum Gasteiger partial charge on any atom is -0.494 e. The standard InChI is InChI=1S/C18H19NO/c1-3-20-17-9-6-8-15(12-17)11-16(13-19)18-10-5-4-7-14(18)2/h4-10,12,16H,3,11H2,1-2H3. The van der Waals surface area contributed by atoms with Gasteiger partial charge in [-0.25, -0.2) is 0 Å². The Morgan fingerprint density at radius 3 is 2.65 bits per heavy atom. The number of aryl methyl sites for hydroxylation is 1. The van der Waals surface area contributed by atoms with Crippen LogP contribution in [0.3, 0.4) is 0 Å². The maximum Gasteiger partial charge on any atom is 0.119 e. The van der Waals surface area contributed by atoms with Crippen molar-refractivity contribution < 1.29 is 4.74 Å². The molecule has 2 nitrogen and oxygen atoms in total. The van der Waals surface area contributed by atoms with Gasteiger partial charge in [0.15, 0.2) is 0 Å². The fourth-order valence-electron chi connectivity index (χ4n) is 2.37. The second-order valence-corrected chi connectivity index (χ2v) is 4.82. The van der Waals surface area contributed by atoms with Gasteiger partial charge in [-0.1, -0.05) is 36.4 Å². The number of rotatable bonds is 5. The Hall–Kier alpha value is -2.27. The molecule has 0 heterocycles. The molecule has 102 valence electrons. The highest BCUT2D eigenvalue weighted by Gasteiger charge is 2.13. The van der Waals surface area contributed by atoms with Crippen molar-refractivity contribution in [2.75, 3.05) is 6.61 Å². The van der Waals surface area contributed by atoms with Crippen molar-refractivity contribution in [2.24, 2.45) is 0 Å². The van der Waals surface area contributed by atoms with E-state index in [1.165, 1.54) is 5.56 Å². The molecule has 1 unspecified atom stereocenters. The molecule has 0 saturated carbocycles. The van der Waals surface area contributed by atoms with Gasteiger partial charge >= 0.3 is 0 Å². The zero-order chi connectivity index (χ0) is 14.4. The van der Waals surface area contributed by atoms with E-state index in [4.69, 9.17) is 4.74 Å². The van der Waals surface area contributed by atoms with Gasteiger partial charge in [0, 0.05) is 0 Å². The van der Waals surface area contributed by atoms with Crippen molar-refractivity contribution in [1.29, 1.82) is 5.26 Å². The van der Waals surface area contributed by atoms with Gasteiger partial charge in [-0.2, -0.15) is 5.26 Å². The average Bonchev–Trinajstić information content (AvgIpc) is 2.46. The fourth-order valence-corrected chi connectivity index (χ4v) is 2.37. The molecule has 0 aliphatic carbocycles. The van der Waals surface area contributed by atoms with E-state index < -0.39 is 0 Å². The number of ether oxygens (including phenoxy) is 1. The molecule has 0 amide bonds. The van der Waals surface area contributed by atoms with Crippen molar-refractivity contribution in [3.05, 3.63) is 65.2 Å². The Kier molecular flexibility index (Phi) is 4.79. The van der Waals surface area contributed by atoms with E-state index in [1.54, 1.807) is 0 Å². The van der Waals surface area contributed by atoms with E-state index in [2.05, 4.69) is 19.1 Å². The van der Waals surface area contributed by atoms with Crippen molar-refractivity contribution in [3.63, 3.8) is 0 Å². The summed E-state index contributed by atoms with van der Waals surface area (Å²) < 4.78 is 5.51. The lowest BCUT2D eigenvalue weighted by Crippen LogP contribution is -2.03. The van der Waals surface area contributed by atoms with Gasteiger partial charge in [-0.3, -0.25) is 0 Å². The number of hydrogen-bond acceptors (Lipinski definition) is 2. The summed E-state index contributed by atoms with van der Waals surface area (Å²) in [6, 6.07) is 18.5. The Bertz CT molecular complexity index is 613. The van der Waals surface area contributed by atoms with Gasteiger partial charge in [-0.15, -0.1) is 0 Å². The van der Waals surface area contributed by atoms with E-state index in [0.717, 1.165) is 16.9 Å². The summed E-state index contributed by atoms with van der Waals surface area (Å²) in [5.74, 6) is 0.750. The molecule has 2 heteroatoms. The number of nitrogens with zero attached hydrogens (tertiary/aromatic N) is 1. The first kappa shape index (κ1) is 14.1. The van der Waals surface area contributed by atoms with Crippen LogP contribution in [-0.4, -0.2) is 6.61 Å². The van der Waals surface area contributed by atoms with Gasteiger partial charge in [0.2, 0.25) is 0 Å². The van der Waals surface area contributed by atoms with E-state index in [-0.39, 0.29) is 5.92 Å². The first-order chi connectivity index (χ1) is 9.74. The van der Waals surface area contributed by atoms with Crippen LogP contribution >= 0.6 is 0 Å². The van der Waals surface area contributed by atoms with Crippen LogP contribution in [0.4, 0.5) is 0 Å². The van der Waals surface area contributed by atoms with E-state index in [1.807, 2.05) is 49.4 Å². The van der Waals surface area contributed by atoms with Crippen molar-refractivity contribution in [3.8, 4) is 11.8 Å². The van der Waals surface area contributed by atoms with Gasteiger partial charge < -0.3 is 4.74 Å². The van der Waals surface area contributed by atoms with E-state index in [0.29, 0.717) is 13.0 Å². The van der Waals surface area contributed by atoms with Crippen LogP contribution < -0.4 is 4.74 Å². The monoisotopic (exact) mass is 265 g/mol. The van der Waals surface area contributed by atoms with Crippen LogP contribution in [0.1, 0.15) is 29.5 Å². The normalized spacial score (nSPS) is 11.7. The SMILES string of the molecule is CCOc1cccc(CC(C#N)c2ccccc2C)c1. The highest BCUT2D eigenvalue weighted by Crippen LogP contribution is 2.25. The van der Waals surface area contributed by atoms with Crippen LogP contribution in [0.2, 0.25) is 0 Å².